The zero-order valence-electron chi connectivity index (χ0n) is 14.8. The first-order valence-electron chi connectivity index (χ1n) is 8.48. The Morgan fingerprint density at radius 3 is 2.38 bits per heavy atom. The first-order valence-corrected chi connectivity index (χ1v) is 8.48. The molecule has 1 N–H and O–H groups in total. The number of ether oxygens (including phenoxy) is 2. The second-order valence-electron chi connectivity index (χ2n) is 5.62. The lowest BCUT2D eigenvalue weighted by atomic mass is 10.0. The summed E-state index contributed by atoms with van der Waals surface area (Å²) in [6.07, 6.45) is 1.48. The Labute approximate surface area is 153 Å². The van der Waals surface area contributed by atoms with Gasteiger partial charge in [0.05, 0.1) is 6.61 Å². The maximum absolute atomic E-state index is 12.4. The van der Waals surface area contributed by atoms with Crippen LogP contribution in [0.2, 0.25) is 0 Å². The van der Waals surface area contributed by atoms with Gasteiger partial charge in [-0.05, 0) is 43.7 Å². The van der Waals surface area contributed by atoms with Gasteiger partial charge >= 0.3 is 0 Å². The van der Waals surface area contributed by atoms with Crippen LogP contribution in [0.5, 0.6) is 5.75 Å². The molecule has 0 bridgehead atoms. The molecule has 0 fully saturated rings. The molecule has 0 aromatic heterocycles. The Balaban J connectivity index is 1.77. The van der Waals surface area contributed by atoms with Gasteiger partial charge in [0.15, 0.2) is 12.1 Å². The van der Waals surface area contributed by atoms with Crippen LogP contribution in [0, 0.1) is 0 Å². The SMILES string of the molecule is C=CC(=O)NCCCOC(C)Oc1ccc(C(=O)c2ccccc2)cc1. The summed E-state index contributed by atoms with van der Waals surface area (Å²) in [5, 5.41) is 2.68. The maximum atomic E-state index is 12.4. The van der Waals surface area contributed by atoms with Crippen molar-refractivity contribution in [3.63, 3.8) is 0 Å². The number of carbonyl (C=O) groups is 2. The van der Waals surface area contributed by atoms with Gasteiger partial charge in [0.25, 0.3) is 0 Å². The van der Waals surface area contributed by atoms with E-state index in [1.807, 2.05) is 18.2 Å². The average molecular weight is 353 g/mol. The van der Waals surface area contributed by atoms with Crippen LogP contribution in [0.1, 0.15) is 29.3 Å². The molecule has 0 heterocycles. The van der Waals surface area contributed by atoms with Gasteiger partial charge in [-0.15, -0.1) is 0 Å². The van der Waals surface area contributed by atoms with Crippen molar-refractivity contribution in [2.24, 2.45) is 0 Å². The lowest BCUT2D eigenvalue weighted by molar-refractivity contribution is -0.116. The van der Waals surface area contributed by atoms with E-state index in [0.29, 0.717) is 36.4 Å². The minimum absolute atomic E-state index is 0.0250. The highest BCUT2D eigenvalue weighted by Gasteiger charge is 2.09. The van der Waals surface area contributed by atoms with Gasteiger partial charge in [-0.1, -0.05) is 36.9 Å². The van der Waals surface area contributed by atoms with Gasteiger partial charge in [0.2, 0.25) is 5.91 Å². The molecule has 26 heavy (non-hydrogen) atoms. The molecule has 1 unspecified atom stereocenters. The highest BCUT2D eigenvalue weighted by atomic mass is 16.7. The molecule has 5 nitrogen and oxygen atoms in total. The molecular formula is C21H23NO4. The molecule has 5 heteroatoms. The highest BCUT2D eigenvalue weighted by Crippen LogP contribution is 2.17. The smallest absolute Gasteiger partial charge is 0.243 e. The van der Waals surface area contributed by atoms with E-state index in [4.69, 9.17) is 9.47 Å². The molecular weight excluding hydrogens is 330 g/mol. The summed E-state index contributed by atoms with van der Waals surface area (Å²) < 4.78 is 11.2. The van der Waals surface area contributed by atoms with Crippen LogP contribution in [0.3, 0.4) is 0 Å². The summed E-state index contributed by atoms with van der Waals surface area (Å²) in [7, 11) is 0. The summed E-state index contributed by atoms with van der Waals surface area (Å²) in [6, 6.07) is 16.1. The number of amides is 1. The van der Waals surface area contributed by atoms with Crippen molar-refractivity contribution >= 4 is 11.7 Å². The summed E-state index contributed by atoms with van der Waals surface area (Å²) in [4.78, 5) is 23.3. The van der Waals surface area contributed by atoms with Crippen LogP contribution in [-0.4, -0.2) is 31.1 Å². The Hall–Kier alpha value is -2.92. The lowest BCUT2D eigenvalue weighted by Crippen LogP contribution is -2.24. The molecule has 1 amide bonds. The Bertz CT molecular complexity index is 725. The second kappa shape index (κ2) is 10.2. The van der Waals surface area contributed by atoms with E-state index in [9.17, 15) is 9.59 Å². The Morgan fingerprint density at radius 2 is 1.73 bits per heavy atom. The summed E-state index contributed by atoms with van der Waals surface area (Å²) in [5.41, 5.74) is 1.26. The van der Waals surface area contributed by atoms with E-state index in [2.05, 4.69) is 11.9 Å². The first kappa shape index (κ1) is 19.4. The number of hydrogen-bond donors (Lipinski definition) is 1. The van der Waals surface area contributed by atoms with Gasteiger partial charge in [0, 0.05) is 17.7 Å². The summed E-state index contributed by atoms with van der Waals surface area (Å²) in [5.74, 6) is 0.407. The fourth-order valence-electron chi connectivity index (χ4n) is 2.27. The lowest BCUT2D eigenvalue weighted by Gasteiger charge is -2.15. The van der Waals surface area contributed by atoms with E-state index >= 15 is 0 Å². The van der Waals surface area contributed by atoms with Crippen molar-refractivity contribution < 1.29 is 19.1 Å². The van der Waals surface area contributed by atoms with E-state index < -0.39 is 6.29 Å². The number of ketones is 1. The zero-order valence-corrected chi connectivity index (χ0v) is 14.8. The van der Waals surface area contributed by atoms with Crippen LogP contribution in [-0.2, 0) is 9.53 Å². The van der Waals surface area contributed by atoms with Gasteiger partial charge in [0.1, 0.15) is 5.75 Å². The summed E-state index contributed by atoms with van der Waals surface area (Å²) in [6.45, 7) is 6.16. The second-order valence-corrected chi connectivity index (χ2v) is 5.62. The highest BCUT2D eigenvalue weighted by molar-refractivity contribution is 6.08. The number of carbonyl (C=O) groups excluding carboxylic acids is 2. The van der Waals surface area contributed by atoms with Crippen molar-refractivity contribution in [1.29, 1.82) is 0 Å². The number of benzene rings is 2. The van der Waals surface area contributed by atoms with Gasteiger partial charge in [-0.2, -0.15) is 0 Å². The summed E-state index contributed by atoms with van der Waals surface area (Å²) >= 11 is 0. The van der Waals surface area contributed by atoms with Crippen molar-refractivity contribution in [3.8, 4) is 5.75 Å². The molecule has 0 radical (unpaired) electrons. The third-order valence-electron chi connectivity index (χ3n) is 3.61. The molecule has 2 rings (SSSR count). The average Bonchev–Trinajstić information content (AvgIpc) is 2.68. The van der Waals surface area contributed by atoms with Crippen LogP contribution in [0.15, 0.2) is 67.3 Å². The minimum Gasteiger partial charge on any atom is -0.465 e. The van der Waals surface area contributed by atoms with Gasteiger partial charge < -0.3 is 14.8 Å². The predicted molar refractivity (Wildman–Crippen MR) is 100 cm³/mol. The van der Waals surface area contributed by atoms with Crippen LogP contribution in [0.4, 0.5) is 0 Å². The standard InChI is InChI=1S/C21H23NO4/c1-3-20(23)22-14-7-15-25-16(2)26-19-12-10-18(11-13-19)21(24)17-8-5-4-6-9-17/h3-6,8-13,16H,1,7,14-15H2,2H3,(H,22,23). The van der Waals surface area contributed by atoms with Crippen molar-refractivity contribution in [3.05, 3.63) is 78.4 Å². The molecule has 0 spiro atoms. The quantitative estimate of drug-likeness (QED) is 0.308. The maximum Gasteiger partial charge on any atom is 0.243 e. The molecule has 0 saturated heterocycles. The van der Waals surface area contributed by atoms with Gasteiger partial charge in [-0.25, -0.2) is 0 Å². The van der Waals surface area contributed by atoms with E-state index in [0.717, 1.165) is 0 Å². The topological polar surface area (TPSA) is 64.6 Å². The van der Waals surface area contributed by atoms with E-state index in [-0.39, 0.29) is 11.7 Å². The third kappa shape index (κ3) is 6.18. The molecule has 2 aromatic carbocycles. The van der Waals surface area contributed by atoms with Crippen molar-refractivity contribution in [2.75, 3.05) is 13.2 Å². The fraction of sp³-hybridized carbons (Fsp3) is 0.238. The number of hydrogen-bond acceptors (Lipinski definition) is 4. The van der Waals surface area contributed by atoms with Crippen LogP contribution >= 0.6 is 0 Å². The van der Waals surface area contributed by atoms with Crippen LogP contribution < -0.4 is 10.1 Å². The molecule has 1 atom stereocenters. The minimum atomic E-state index is -0.430. The number of rotatable bonds is 10. The first-order chi connectivity index (χ1) is 12.6. The number of nitrogens with one attached hydrogen (secondary N) is 1. The molecule has 0 aliphatic rings. The van der Waals surface area contributed by atoms with Crippen LogP contribution in [0.25, 0.3) is 0 Å². The third-order valence-corrected chi connectivity index (χ3v) is 3.61. The molecule has 136 valence electrons. The Morgan fingerprint density at radius 1 is 1.08 bits per heavy atom. The molecule has 0 aliphatic carbocycles. The monoisotopic (exact) mass is 353 g/mol. The predicted octanol–water partition coefficient (Wildman–Crippen LogP) is 3.35. The largest absolute Gasteiger partial charge is 0.465 e. The normalized spacial score (nSPS) is 11.4. The molecule has 2 aromatic rings. The van der Waals surface area contributed by atoms with Crippen molar-refractivity contribution in [1.82, 2.24) is 5.32 Å². The Kier molecular flexibility index (Phi) is 7.58. The zero-order chi connectivity index (χ0) is 18.8. The van der Waals surface area contributed by atoms with Crippen molar-refractivity contribution in [2.45, 2.75) is 19.6 Å². The van der Waals surface area contributed by atoms with Gasteiger partial charge in [-0.3, -0.25) is 9.59 Å². The van der Waals surface area contributed by atoms with E-state index in [1.54, 1.807) is 43.3 Å². The van der Waals surface area contributed by atoms with E-state index in [1.165, 1.54) is 6.08 Å². The molecule has 0 aliphatic heterocycles. The molecule has 0 saturated carbocycles. The fourth-order valence-corrected chi connectivity index (χ4v) is 2.27.